The Balaban J connectivity index is 1.66. The number of hydrogen-bond acceptors (Lipinski definition) is 3. The van der Waals surface area contributed by atoms with Crippen molar-refractivity contribution in [1.29, 1.82) is 0 Å². The van der Waals surface area contributed by atoms with Crippen molar-refractivity contribution in [2.45, 2.75) is 19.3 Å². The highest BCUT2D eigenvalue weighted by molar-refractivity contribution is 7.80. The number of para-hydroxylation sites is 1. The number of carbonyl (C=O) groups is 1. The quantitative estimate of drug-likeness (QED) is 0.582. The lowest BCUT2D eigenvalue weighted by Crippen LogP contribution is -2.48. The predicted molar refractivity (Wildman–Crippen MR) is 84.2 cm³/mol. The zero-order valence-corrected chi connectivity index (χ0v) is 12.2. The summed E-state index contributed by atoms with van der Waals surface area (Å²) in [6.45, 7) is 2.42. The van der Waals surface area contributed by atoms with E-state index >= 15 is 0 Å². The summed E-state index contributed by atoms with van der Waals surface area (Å²) >= 11 is 5.11. The molecule has 1 aromatic carbocycles. The van der Waals surface area contributed by atoms with Crippen LogP contribution in [0.5, 0.6) is 0 Å². The first-order chi connectivity index (χ1) is 9.74. The molecule has 6 heteroatoms. The summed E-state index contributed by atoms with van der Waals surface area (Å²) in [5.41, 5.74) is 6.21. The highest BCUT2D eigenvalue weighted by atomic mass is 32.1. The molecule has 0 aliphatic carbocycles. The summed E-state index contributed by atoms with van der Waals surface area (Å²) in [6, 6.07) is 9.58. The van der Waals surface area contributed by atoms with E-state index in [1.54, 1.807) is 0 Å². The molecule has 0 saturated carbocycles. The molecule has 5 nitrogen and oxygen atoms in total. The summed E-state index contributed by atoms with van der Waals surface area (Å²) in [6.07, 6.45) is 3.62. The van der Waals surface area contributed by atoms with E-state index in [4.69, 9.17) is 12.2 Å². The van der Waals surface area contributed by atoms with E-state index in [2.05, 4.69) is 21.1 Å². The van der Waals surface area contributed by atoms with Crippen LogP contribution in [0.2, 0.25) is 0 Å². The molecule has 1 amide bonds. The van der Waals surface area contributed by atoms with Gasteiger partial charge in [-0.25, -0.2) is 0 Å². The maximum atomic E-state index is 11.8. The summed E-state index contributed by atoms with van der Waals surface area (Å²) in [5, 5.41) is 3.37. The van der Waals surface area contributed by atoms with Gasteiger partial charge in [0.2, 0.25) is 0 Å². The maximum Gasteiger partial charge on any atom is 0.252 e. The molecule has 0 spiro atoms. The molecule has 0 bridgehead atoms. The first kappa shape index (κ1) is 14.7. The normalized spacial score (nSPS) is 15.4. The number of nitrogens with zero attached hydrogens (tertiary/aromatic N) is 1. The average molecular weight is 292 g/mol. The van der Waals surface area contributed by atoms with Crippen molar-refractivity contribution < 1.29 is 4.79 Å². The van der Waals surface area contributed by atoms with E-state index in [0.717, 1.165) is 18.8 Å². The van der Waals surface area contributed by atoms with Gasteiger partial charge in [0.25, 0.3) is 5.91 Å². The molecule has 0 atom stereocenters. The summed E-state index contributed by atoms with van der Waals surface area (Å²) in [7, 11) is 0. The van der Waals surface area contributed by atoms with Crippen LogP contribution >= 0.6 is 12.2 Å². The first-order valence-electron chi connectivity index (χ1n) is 6.87. The van der Waals surface area contributed by atoms with Crippen molar-refractivity contribution in [3.05, 3.63) is 30.3 Å². The third-order valence-corrected chi connectivity index (χ3v) is 3.37. The predicted octanol–water partition coefficient (Wildman–Crippen LogP) is 1.49. The van der Waals surface area contributed by atoms with E-state index in [0.29, 0.717) is 11.7 Å². The van der Waals surface area contributed by atoms with Gasteiger partial charge in [0.15, 0.2) is 5.11 Å². The molecule has 1 saturated heterocycles. The average Bonchev–Trinajstić information content (AvgIpc) is 2.47. The maximum absolute atomic E-state index is 11.8. The minimum Gasteiger partial charge on any atom is -0.331 e. The molecule has 20 heavy (non-hydrogen) atoms. The van der Waals surface area contributed by atoms with Crippen LogP contribution in [0.3, 0.4) is 0 Å². The lowest BCUT2D eigenvalue weighted by molar-refractivity contribution is -0.123. The number of rotatable bonds is 3. The Labute approximate surface area is 124 Å². The van der Waals surface area contributed by atoms with Crippen molar-refractivity contribution in [2.75, 3.05) is 25.0 Å². The largest absolute Gasteiger partial charge is 0.331 e. The minimum atomic E-state index is -0.0656. The Hall–Kier alpha value is -1.66. The lowest BCUT2D eigenvalue weighted by Gasteiger charge is -2.25. The van der Waals surface area contributed by atoms with Gasteiger partial charge in [0, 0.05) is 5.69 Å². The fourth-order valence-electron chi connectivity index (χ4n) is 2.17. The van der Waals surface area contributed by atoms with E-state index < -0.39 is 0 Å². The number of piperidine rings is 1. The minimum absolute atomic E-state index is 0.0656. The summed E-state index contributed by atoms with van der Waals surface area (Å²) in [5.74, 6) is -0.0656. The zero-order valence-electron chi connectivity index (χ0n) is 11.4. The van der Waals surface area contributed by atoms with Gasteiger partial charge in [0.1, 0.15) is 0 Å². The van der Waals surface area contributed by atoms with Gasteiger partial charge < -0.3 is 5.32 Å². The first-order valence-corrected chi connectivity index (χ1v) is 7.28. The third kappa shape index (κ3) is 5.14. The number of likely N-dealkylation sites (tertiary alicyclic amines) is 1. The molecule has 1 aliphatic rings. The van der Waals surface area contributed by atoms with Gasteiger partial charge in [0.05, 0.1) is 6.54 Å². The highest BCUT2D eigenvalue weighted by Gasteiger charge is 2.13. The second kappa shape index (κ2) is 7.81. The van der Waals surface area contributed by atoms with Crippen LogP contribution in [-0.2, 0) is 4.79 Å². The van der Waals surface area contributed by atoms with Gasteiger partial charge in [-0.05, 0) is 50.3 Å². The van der Waals surface area contributed by atoms with Crippen LogP contribution < -0.4 is 16.2 Å². The number of carbonyl (C=O) groups excluding carboxylic acids is 1. The molecule has 1 aromatic rings. The topological polar surface area (TPSA) is 56.4 Å². The molecule has 1 heterocycles. The number of amides is 1. The Bertz CT molecular complexity index is 446. The fourth-order valence-corrected chi connectivity index (χ4v) is 2.34. The van der Waals surface area contributed by atoms with E-state index in [1.165, 1.54) is 19.3 Å². The van der Waals surface area contributed by atoms with Gasteiger partial charge in [-0.2, -0.15) is 0 Å². The molecular weight excluding hydrogens is 272 g/mol. The third-order valence-electron chi connectivity index (χ3n) is 3.16. The van der Waals surface area contributed by atoms with Crippen LogP contribution in [0.4, 0.5) is 5.69 Å². The Morgan fingerprint density at radius 2 is 1.80 bits per heavy atom. The van der Waals surface area contributed by atoms with Crippen LogP contribution in [0.15, 0.2) is 30.3 Å². The fraction of sp³-hybridized carbons (Fsp3) is 0.429. The molecule has 0 unspecified atom stereocenters. The zero-order chi connectivity index (χ0) is 14.2. The van der Waals surface area contributed by atoms with Crippen LogP contribution in [0, 0.1) is 0 Å². The van der Waals surface area contributed by atoms with Crippen molar-refractivity contribution >= 4 is 28.9 Å². The van der Waals surface area contributed by atoms with E-state index in [9.17, 15) is 4.79 Å². The SMILES string of the molecule is O=C(CN1CCCCC1)NNC(=S)Nc1ccccc1. The number of nitrogens with one attached hydrogen (secondary N) is 3. The number of thiocarbonyl (C=S) groups is 1. The second-order valence-corrected chi connectivity index (χ2v) is 5.24. The standard InChI is InChI=1S/C14H20N4OS/c19-13(11-18-9-5-2-6-10-18)16-17-14(20)15-12-7-3-1-4-8-12/h1,3-4,7-8H,2,5-6,9-11H2,(H,16,19)(H2,15,17,20). The molecule has 0 aromatic heterocycles. The molecule has 108 valence electrons. The highest BCUT2D eigenvalue weighted by Crippen LogP contribution is 2.07. The monoisotopic (exact) mass is 292 g/mol. The van der Waals surface area contributed by atoms with Gasteiger partial charge in [-0.15, -0.1) is 0 Å². The van der Waals surface area contributed by atoms with E-state index in [1.807, 2.05) is 30.3 Å². The summed E-state index contributed by atoms with van der Waals surface area (Å²) in [4.78, 5) is 13.9. The molecule has 2 rings (SSSR count). The number of anilines is 1. The van der Waals surface area contributed by atoms with Crippen LogP contribution in [-0.4, -0.2) is 35.6 Å². The number of hydrazine groups is 1. The van der Waals surface area contributed by atoms with E-state index in [-0.39, 0.29) is 5.91 Å². The van der Waals surface area contributed by atoms with Crippen molar-refractivity contribution in [2.24, 2.45) is 0 Å². The number of benzene rings is 1. The molecular formula is C14H20N4OS. The Morgan fingerprint density at radius 1 is 1.10 bits per heavy atom. The Morgan fingerprint density at radius 3 is 2.50 bits per heavy atom. The van der Waals surface area contributed by atoms with Gasteiger partial charge >= 0.3 is 0 Å². The molecule has 1 aliphatic heterocycles. The van der Waals surface area contributed by atoms with Crippen molar-refractivity contribution in [3.63, 3.8) is 0 Å². The van der Waals surface area contributed by atoms with Crippen LogP contribution in [0.1, 0.15) is 19.3 Å². The van der Waals surface area contributed by atoms with Crippen molar-refractivity contribution in [1.82, 2.24) is 15.8 Å². The molecule has 1 fully saturated rings. The Kier molecular flexibility index (Phi) is 5.76. The van der Waals surface area contributed by atoms with Gasteiger partial charge in [-0.1, -0.05) is 24.6 Å². The second-order valence-electron chi connectivity index (χ2n) is 4.83. The summed E-state index contributed by atoms with van der Waals surface area (Å²) < 4.78 is 0. The lowest BCUT2D eigenvalue weighted by atomic mass is 10.1. The van der Waals surface area contributed by atoms with Crippen molar-refractivity contribution in [3.8, 4) is 0 Å². The molecule has 3 N–H and O–H groups in total. The number of hydrogen-bond donors (Lipinski definition) is 3. The van der Waals surface area contributed by atoms with Crippen LogP contribution in [0.25, 0.3) is 0 Å². The molecule has 0 radical (unpaired) electrons. The smallest absolute Gasteiger partial charge is 0.252 e. The van der Waals surface area contributed by atoms with Gasteiger partial charge in [-0.3, -0.25) is 20.5 Å².